The van der Waals surface area contributed by atoms with Crippen LogP contribution in [0.1, 0.15) is 43.7 Å². The number of carbonyl (C=O) groups excluding carboxylic acids is 1. The van der Waals surface area contributed by atoms with Crippen molar-refractivity contribution >= 4 is 11.9 Å². The molecule has 5 nitrogen and oxygen atoms in total. The first-order chi connectivity index (χ1) is 15.3. The van der Waals surface area contributed by atoms with Crippen LogP contribution >= 0.6 is 0 Å². The summed E-state index contributed by atoms with van der Waals surface area (Å²) in [5.74, 6) is -0.399. The minimum absolute atomic E-state index is 0.0520. The van der Waals surface area contributed by atoms with Gasteiger partial charge in [0.25, 0.3) is 5.91 Å². The highest BCUT2D eigenvalue weighted by Gasteiger charge is 2.31. The molecule has 0 bridgehead atoms. The summed E-state index contributed by atoms with van der Waals surface area (Å²) >= 11 is 0. The monoisotopic (exact) mass is 429 g/mol. The van der Waals surface area contributed by atoms with E-state index in [1.54, 1.807) is 19.2 Å². The quantitative estimate of drug-likeness (QED) is 0.615. The number of nitrogens with zero attached hydrogens (tertiary/aromatic N) is 1. The maximum atomic E-state index is 13.3. The van der Waals surface area contributed by atoms with Crippen LogP contribution in [0.15, 0.2) is 48.5 Å². The predicted octanol–water partition coefficient (Wildman–Crippen LogP) is 5.07. The van der Waals surface area contributed by atoms with Gasteiger partial charge in [0, 0.05) is 13.1 Å². The van der Waals surface area contributed by atoms with E-state index >= 15 is 0 Å². The Bertz CT molecular complexity index is 1210. The van der Waals surface area contributed by atoms with E-state index in [9.17, 15) is 14.7 Å². The van der Waals surface area contributed by atoms with Crippen molar-refractivity contribution in [3.63, 3.8) is 0 Å². The molecule has 1 aliphatic heterocycles. The van der Waals surface area contributed by atoms with Crippen molar-refractivity contribution < 1.29 is 19.4 Å². The number of aryl methyl sites for hydroxylation is 1. The molecule has 1 heterocycles. The van der Waals surface area contributed by atoms with Crippen LogP contribution in [-0.4, -0.2) is 29.0 Å². The number of hydrogen-bond donors (Lipinski definition) is 1. The van der Waals surface area contributed by atoms with Crippen LogP contribution in [0.5, 0.6) is 5.75 Å². The Hall–Kier alpha value is -3.60. The van der Waals surface area contributed by atoms with E-state index in [0.717, 1.165) is 44.5 Å². The zero-order chi connectivity index (χ0) is 23.0. The zero-order valence-corrected chi connectivity index (χ0v) is 18.9. The van der Waals surface area contributed by atoms with Gasteiger partial charge >= 0.3 is 5.97 Å². The van der Waals surface area contributed by atoms with E-state index in [1.165, 1.54) is 0 Å². The molecule has 32 heavy (non-hydrogen) atoms. The first-order valence-corrected chi connectivity index (χ1v) is 10.7. The van der Waals surface area contributed by atoms with Gasteiger partial charge in [-0.3, -0.25) is 9.59 Å². The van der Waals surface area contributed by atoms with Crippen LogP contribution in [0, 0.1) is 20.8 Å². The van der Waals surface area contributed by atoms with Gasteiger partial charge in [-0.05, 0) is 71.8 Å². The molecule has 0 aromatic heterocycles. The Labute approximate surface area is 188 Å². The number of para-hydroxylation sites is 1. The first-order valence-electron chi connectivity index (χ1n) is 10.7. The van der Waals surface area contributed by atoms with Crippen molar-refractivity contribution in [1.82, 2.24) is 4.90 Å². The van der Waals surface area contributed by atoms with Gasteiger partial charge in [0.05, 0.1) is 19.1 Å². The van der Waals surface area contributed by atoms with Crippen LogP contribution in [0.2, 0.25) is 0 Å². The third-order valence-corrected chi connectivity index (χ3v) is 6.39. The minimum atomic E-state index is -0.860. The summed E-state index contributed by atoms with van der Waals surface area (Å²) in [6.07, 6.45) is -0.0520. The molecule has 0 saturated carbocycles. The Morgan fingerprint density at radius 1 is 0.938 bits per heavy atom. The van der Waals surface area contributed by atoms with Crippen molar-refractivity contribution in [2.45, 2.75) is 40.3 Å². The maximum Gasteiger partial charge on any atom is 0.307 e. The van der Waals surface area contributed by atoms with E-state index < -0.39 is 5.97 Å². The Balaban J connectivity index is 1.81. The highest BCUT2D eigenvalue weighted by atomic mass is 16.5. The fourth-order valence-corrected chi connectivity index (χ4v) is 4.68. The lowest BCUT2D eigenvalue weighted by molar-refractivity contribution is -0.136. The molecular weight excluding hydrogens is 402 g/mol. The summed E-state index contributed by atoms with van der Waals surface area (Å²) in [5, 5.41) is 9.61. The van der Waals surface area contributed by atoms with Crippen LogP contribution < -0.4 is 4.74 Å². The van der Waals surface area contributed by atoms with E-state index in [1.807, 2.05) is 62.1 Å². The van der Waals surface area contributed by atoms with Crippen molar-refractivity contribution in [1.29, 1.82) is 0 Å². The van der Waals surface area contributed by atoms with Crippen LogP contribution in [-0.2, 0) is 24.3 Å². The standard InChI is InChI=1S/C27H27NO4/c1-16-9-11-19(12-10-16)26-18(3)23-15-28(14-22(23)17(2)21(26)13-25(29)30)27(31)20-7-5-6-8-24(20)32-4/h5-12H,13-15H2,1-4H3,(H,29,30). The summed E-state index contributed by atoms with van der Waals surface area (Å²) in [5.41, 5.74) is 8.64. The molecule has 0 fully saturated rings. The molecule has 3 aromatic carbocycles. The van der Waals surface area contributed by atoms with Crippen molar-refractivity contribution in [3.05, 3.63) is 87.5 Å². The molecule has 1 N–H and O–H groups in total. The second kappa shape index (κ2) is 8.50. The van der Waals surface area contributed by atoms with Gasteiger partial charge in [-0.1, -0.05) is 42.0 Å². The molecule has 0 saturated heterocycles. The molecule has 5 heteroatoms. The van der Waals surface area contributed by atoms with E-state index in [0.29, 0.717) is 24.4 Å². The summed E-state index contributed by atoms with van der Waals surface area (Å²) in [4.78, 5) is 26.9. The first kappa shape index (κ1) is 21.6. The van der Waals surface area contributed by atoms with Crippen LogP contribution in [0.3, 0.4) is 0 Å². The Morgan fingerprint density at radius 3 is 2.19 bits per heavy atom. The summed E-state index contributed by atoms with van der Waals surface area (Å²) in [6.45, 7) is 7.00. The number of fused-ring (bicyclic) bond motifs is 1. The topological polar surface area (TPSA) is 66.8 Å². The molecule has 164 valence electrons. The highest BCUT2D eigenvalue weighted by molar-refractivity contribution is 5.97. The average molecular weight is 430 g/mol. The lowest BCUT2D eigenvalue weighted by Gasteiger charge is -2.19. The Morgan fingerprint density at radius 2 is 1.56 bits per heavy atom. The second-order valence-electron chi connectivity index (χ2n) is 8.36. The largest absolute Gasteiger partial charge is 0.496 e. The Kier molecular flexibility index (Phi) is 5.74. The number of amides is 1. The van der Waals surface area contributed by atoms with Gasteiger partial charge in [0.1, 0.15) is 5.75 Å². The summed E-state index contributed by atoms with van der Waals surface area (Å²) in [7, 11) is 1.56. The zero-order valence-electron chi connectivity index (χ0n) is 18.9. The summed E-state index contributed by atoms with van der Waals surface area (Å²) < 4.78 is 5.39. The third-order valence-electron chi connectivity index (χ3n) is 6.39. The average Bonchev–Trinajstić information content (AvgIpc) is 3.24. The number of benzene rings is 3. The highest BCUT2D eigenvalue weighted by Crippen LogP contribution is 2.40. The molecule has 0 atom stereocenters. The van der Waals surface area contributed by atoms with Gasteiger partial charge in [-0.2, -0.15) is 0 Å². The number of aliphatic carboxylic acids is 1. The number of ether oxygens (including phenoxy) is 1. The van der Waals surface area contributed by atoms with Gasteiger partial charge in [-0.25, -0.2) is 0 Å². The molecule has 3 aromatic rings. The number of methoxy groups -OCH3 is 1. The van der Waals surface area contributed by atoms with Crippen molar-refractivity contribution in [2.24, 2.45) is 0 Å². The van der Waals surface area contributed by atoms with Crippen LogP contribution in [0.4, 0.5) is 0 Å². The molecule has 1 aliphatic rings. The molecule has 0 spiro atoms. The number of carboxylic acid groups (broad SMARTS) is 1. The smallest absolute Gasteiger partial charge is 0.307 e. The molecule has 0 radical (unpaired) electrons. The number of carboxylic acids is 1. The summed E-state index contributed by atoms with van der Waals surface area (Å²) in [6, 6.07) is 15.4. The molecule has 0 unspecified atom stereocenters. The molecule has 4 rings (SSSR count). The normalized spacial score (nSPS) is 12.6. The lowest BCUT2D eigenvalue weighted by atomic mass is 9.84. The van der Waals surface area contributed by atoms with E-state index in [2.05, 4.69) is 0 Å². The van der Waals surface area contributed by atoms with Gasteiger partial charge in [0.2, 0.25) is 0 Å². The fourth-order valence-electron chi connectivity index (χ4n) is 4.68. The van der Waals surface area contributed by atoms with E-state index in [4.69, 9.17) is 4.74 Å². The molecule has 1 amide bonds. The van der Waals surface area contributed by atoms with Crippen molar-refractivity contribution in [3.8, 4) is 16.9 Å². The SMILES string of the molecule is COc1ccccc1C(=O)N1Cc2c(C)c(CC(=O)O)c(-c3ccc(C)cc3)c(C)c2C1. The van der Waals surface area contributed by atoms with Gasteiger partial charge in [0.15, 0.2) is 0 Å². The fraction of sp³-hybridized carbons (Fsp3) is 0.259. The lowest BCUT2D eigenvalue weighted by Crippen LogP contribution is -2.25. The van der Waals surface area contributed by atoms with Gasteiger partial charge < -0.3 is 14.7 Å². The number of rotatable bonds is 5. The number of carbonyl (C=O) groups is 2. The molecular formula is C27H27NO4. The number of hydrogen-bond acceptors (Lipinski definition) is 3. The molecule has 0 aliphatic carbocycles. The third kappa shape index (κ3) is 3.75. The second-order valence-corrected chi connectivity index (χ2v) is 8.36. The van der Waals surface area contributed by atoms with Crippen LogP contribution in [0.25, 0.3) is 11.1 Å². The predicted molar refractivity (Wildman–Crippen MR) is 124 cm³/mol. The maximum absolute atomic E-state index is 13.3. The van der Waals surface area contributed by atoms with Gasteiger partial charge in [-0.15, -0.1) is 0 Å². The minimum Gasteiger partial charge on any atom is -0.496 e. The van der Waals surface area contributed by atoms with Crippen molar-refractivity contribution in [2.75, 3.05) is 7.11 Å². The van der Waals surface area contributed by atoms with E-state index in [-0.39, 0.29) is 12.3 Å².